The normalized spacial score (nSPS) is 13.8. The van der Waals surface area contributed by atoms with E-state index in [4.69, 9.17) is 67.6 Å². The van der Waals surface area contributed by atoms with E-state index in [1.165, 1.54) is 5.56 Å². The van der Waals surface area contributed by atoms with Crippen LogP contribution >= 0.6 is 23.2 Å². The van der Waals surface area contributed by atoms with Gasteiger partial charge in [0.2, 0.25) is 11.6 Å². The number of unbranched alkanes of at least 4 members (excludes halogenated alkanes) is 1. The number of nitrogens with two attached hydrogens (primary N) is 1. The summed E-state index contributed by atoms with van der Waals surface area (Å²) in [6.45, 7) is 8.02. The monoisotopic (exact) mass is 1040 g/mol. The molecule has 0 unspecified atom stereocenters. The number of aromatic nitrogens is 4. The highest BCUT2D eigenvalue weighted by Gasteiger charge is 2.44. The van der Waals surface area contributed by atoms with Gasteiger partial charge in [0.1, 0.15) is 17.8 Å². The molecule has 2 saturated carbocycles. The Morgan fingerprint density at radius 2 is 1.10 bits per heavy atom. The molecule has 0 aliphatic heterocycles. The number of carboxylic acids is 3. The number of halogens is 5. The molecule has 0 spiro atoms. The molecule has 5 N–H and O–H groups in total. The van der Waals surface area contributed by atoms with Crippen molar-refractivity contribution >= 4 is 47.4 Å². The Bertz CT molecular complexity index is 2770. The lowest BCUT2D eigenvalue weighted by molar-refractivity contribution is -0.192. The van der Waals surface area contributed by atoms with Crippen LogP contribution in [0.15, 0.2) is 94.0 Å². The molecule has 2 heterocycles. The van der Waals surface area contributed by atoms with E-state index in [2.05, 4.69) is 32.4 Å². The third kappa shape index (κ3) is 16.1. The summed E-state index contributed by atoms with van der Waals surface area (Å²) in [6, 6.07) is 26.9. The Labute approximate surface area is 422 Å². The average molecular weight is 1040 g/mol. The zero-order chi connectivity index (χ0) is 52.8. The van der Waals surface area contributed by atoms with Gasteiger partial charge in [-0.2, -0.15) is 23.1 Å². The van der Waals surface area contributed by atoms with Crippen LogP contribution in [0.4, 0.5) is 13.2 Å². The average Bonchev–Trinajstić information content (AvgIpc) is 4.19. The van der Waals surface area contributed by atoms with Crippen molar-refractivity contribution in [1.29, 1.82) is 0 Å². The van der Waals surface area contributed by atoms with Crippen molar-refractivity contribution in [3.8, 4) is 57.2 Å². The van der Waals surface area contributed by atoms with E-state index < -0.39 is 24.1 Å². The molecule has 16 nitrogen and oxygen atoms in total. The minimum atomic E-state index is -5.08. The molecule has 0 radical (unpaired) electrons. The molecule has 2 aliphatic rings. The molecule has 0 amide bonds. The lowest BCUT2D eigenvalue weighted by Crippen LogP contribution is -2.21. The predicted octanol–water partition coefficient (Wildman–Crippen LogP) is 11.6. The maximum absolute atomic E-state index is 11.3. The summed E-state index contributed by atoms with van der Waals surface area (Å²) in [4.78, 5) is 49.4. The van der Waals surface area contributed by atoms with Crippen LogP contribution < -0.4 is 15.2 Å². The summed E-state index contributed by atoms with van der Waals surface area (Å²) >= 11 is 12.6. The summed E-state index contributed by atoms with van der Waals surface area (Å²) in [5.41, 5.74) is 10.3. The van der Waals surface area contributed by atoms with Gasteiger partial charge >= 0.3 is 24.1 Å². The Balaban J connectivity index is 0.000000217. The van der Waals surface area contributed by atoms with Crippen molar-refractivity contribution in [3.05, 3.63) is 106 Å². The first-order valence-corrected chi connectivity index (χ1v) is 23.6. The summed E-state index contributed by atoms with van der Waals surface area (Å²) in [5, 5.41) is 32.9. The SMILES string of the molecule is CC(C)Oc1ccc(-c2noc(-c3ccc(C4(C=O)CC4)cc3)n2)cc1Cl.CC(C)Oc1ccc(-c2noc(-c3ccc(C4(CCCCC(=O)O)CC4)cc3)n2)cc1Cl.NCCC(=O)O.O=C(O)C(F)(F)F. The number of aliphatic carboxylic acids is 3. The van der Waals surface area contributed by atoms with Gasteiger partial charge in [0.15, 0.2) is 0 Å². The van der Waals surface area contributed by atoms with E-state index in [0.29, 0.717) is 45.0 Å². The Kier molecular flexibility index (Phi) is 19.5. The number of ether oxygens (including phenoxy) is 2. The molecule has 6 aromatic rings. The number of hydrogen-bond donors (Lipinski definition) is 4. The number of carbonyl (C=O) groups excluding carboxylic acids is 1. The first kappa shape index (κ1) is 56.1. The molecule has 8 rings (SSSR count). The standard InChI is InChI=1S/C25H27ClN2O4.C21H19ClN2O3.C3H7NO2.C2HF3O2/c1-16(2)31-21-11-8-18(15-20(21)26)23-27-24(32-28-23)17-6-9-19(10-7-17)25(13-14-25)12-4-3-5-22(29)30;1-13(2)26-18-8-5-15(11-17(18)22)19-23-20(27-24-19)14-3-6-16(7-4-14)21(12-25)9-10-21;4-2-1-3(5)6;3-2(4,5)1(6)7/h6-11,15-16H,3-5,12-14H2,1-2H3,(H,29,30);3-8,11-13H,9-10H2,1-2H3;1-2,4H2,(H,5,6);(H,6,7). The molecule has 0 bridgehead atoms. The van der Waals surface area contributed by atoms with E-state index in [0.717, 1.165) is 79.0 Å². The van der Waals surface area contributed by atoms with E-state index in [1.807, 2.05) is 82.3 Å². The molecule has 0 saturated heterocycles. The Morgan fingerprint density at radius 1 is 0.681 bits per heavy atom. The molecule has 2 aromatic heterocycles. The van der Waals surface area contributed by atoms with Crippen LogP contribution in [-0.2, 0) is 30.0 Å². The van der Waals surface area contributed by atoms with E-state index in [-0.39, 0.29) is 42.4 Å². The lowest BCUT2D eigenvalue weighted by Gasteiger charge is -2.15. The molecular weight excluding hydrogens is 986 g/mol. The van der Waals surface area contributed by atoms with Crippen LogP contribution in [0.1, 0.15) is 96.6 Å². The van der Waals surface area contributed by atoms with Gasteiger partial charge in [-0.05, 0) is 143 Å². The van der Waals surface area contributed by atoms with Crippen molar-refractivity contribution in [2.75, 3.05) is 6.54 Å². The van der Waals surface area contributed by atoms with Crippen molar-refractivity contribution in [2.45, 2.75) is 115 Å². The van der Waals surface area contributed by atoms with Crippen LogP contribution in [0.2, 0.25) is 10.0 Å². The van der Waals surface area contributed by atoms with E-state index >= 15 is 0 Å². The second-order valence-electron chi connectivity index (χ2n) is 17.5. The number of benzene rings is 4. The molecule has 2 fully saturated rings. The highest BCUT2D eigenvalue weighted by atomic mass is 35.5. The third-order valence-corrected chi connectivity index (χ3v) is 11.8. The molecule has 2 aliphatic carbocycles. The van der Waals surface area contributed by atoms with Gasteiger partial charge < -0.3 is 44.4 Å². The third-order valence-electron chi connectivity index (χ3n) is 11.2. The number of aldehydes is 1. The Morgan fingerprint density at radius 3 is 1.42 bits per heavy atom. The minimum absolute atomic E-state index is 0.0395. The van der Waals surface area contributed by atoms with Gasteiger partial charge in [-0.3, -0.25) is 9.59 Å². The number of hydrogen-bond acceptors (Lipinski definition) is 13. The van der Waals surface area contributed by atoms with Gasteiger partial charge in [0.25, 0.3) is 11.8 Å². The number of carbonyl (C=O) groups is 4. The molecule has 21 heteroatoms. The van der Waals surface area contributed by atoms with Gasteiger partial charge in [-0.1, -0.05) is 64.2 Å². The largest absolute Gasteiger partial charge is 0.490 e. The maximum atomic E-state index is 11.3. The zero-order valence-electron chi connectivity index (χ0n) is 39.7. The molecular formula is C51H54Cl2F3N5O11. The second kappa shape index (κ2) is 25.0. The van der Waals surface area contributed by atoms with Crippen LogP contribution in [-0.4, -0.2) is 84.7 Å². The molecule has 384 valence electrons. The smallest absolute Gasteiger partial charge is 0.489 e. The number of nitrogens with zero attached hydrogens (tertiary/aromatic N) is 4. The Hall–Kier alpha value is -6.83. The first-order valence-electron chi connectivity index (χ1n) is 22.8. The summed E-state index contributed by atoms with van der Waals surface area (Å²) in [7, 11) is 0. The first-order chi connectivity index (χ1) is 34.1. The van der Waals surface area contributed by atoms with Crippen LogP contribution in [0.3, 0.4) is 0 Å². The highest BCUT2D eigenvalue weighted by Crippen LogP contribution is 2.52. The van der Waals surface area contributed by atoms with Gasteiger partial charge in [-0.25, -0.2) is 4.79 Å². The van der Waals surface area contributed by atoms with Crippen LogP contribution in [0.5, 0.6) is 11.5 Å². The van der Waals surface area contributed by atoms with Gasteiger partial charge in [-0.15, -0.1) is 0 Å². The van der Waals surface area contributed by atoms with Gasteiger partial charge in [0.05, 0.1) is 34.1 Å². The number of rotatable bonds is 18. The van der Waals surface area contributed by atoms with E-state index in [9.17, 15) is 27.6 Å². The quantitative estimate of drug-likeness (QED) is 0.0461. The van der Waals surface area contributed by atoms with Crippen molar-refractivity contribution in [3.63, 3.8) is 0 Å². The molecule has 0 atom stereocenters. The van der Waals surface area contributed by atoms with Crippen LogP contribution in [0.25, 0.3) is 45.7 Å². The number of carboxylic acid groups (broad SMARTS) is 3. The fourth-order valence-corrected chi connectivity index (χ4v) is 7.56. The minimum Gasteiger partial charge on any atom is -0.489 e. The topological polar surface area (TPSA) is 251 Å². The zero-order valence-corrected chi connectivity index (χ0v) is 41.3. The lowest BCUT2D eigenvalue weighted by atomic mass is 9.89. The summed E-state index contributed by atoms with van der Waals surface area (Å²) < 4.78 is 53.9. The van der Waals surface area contributed by atoms with Crippen molar-refractivity contribution in [2.24, 2.45) is 5.73 Å². The second-order valence-corrected chi connectivity index (χ2v) is 18.3. The summed E-state index contributed by atoms with van der Waals surface area (Å²) in [5.74, 6) is -1.26. The predicted molar refractivity (Wildman–Crippen MR) is 261 cm³/mol. The fourth-order valence-electron chi connectivity index (χ4n) is 7.11. The summed E-state index contributed by atoms with van der Waals surface area (Å²) in [6.07, 6.45) is 3.19. The van der Waals surface area contributed by atoms with Crippen LogP contribution in [0, 0.1) is 0 Å². The fraction of sp³-hybridized carbons (Fsp3) is 0.373. The highest BCUT2D eigenvalue weighted by molar-refractivity contribution is 6.32. The molecule has 4 aromatic carbocycles. The van der Waals surface area contributed by atoms with E-state index in [1.54, 1.807) is 18.2 Å². The van der Waals surface area contributed by atoms with Crippen molar-refractivity contribution in [1.82, 2.24) is 20.3 Å². The molecule has 72 heavy (non-hydrogen) atoms. The van der Waals surface area contributed by atoms with Gasteiger partial charge in [0, 0.05) is 35.2 Å². The van der Waals surface area contributed by atoms with Crippen molar-refractivity contribution < 1.29 is 66.2 Å². The number of alkyl halides is 3. The maximum Gasteiger partial charge on any atom is 0.490 e.